The Bertz CT molecular complexity index is 849. The molecule has 7 heteroatoms. The second-order valence-electron chi connectivity index (χ2n) is 7.59. The molecule has 0 atom stereocenters. The number of benzene rings is 2. The van der Waals surface area contributed by atoms with Crippen LogP contribution >= 0.6 is 11.6 Å². The minimum absolute atomic E-state index is 0.228. The average molecular weight is 429 g/mol. The third-order valence-electron chi connectivity index (χ3n) is 5.34. The summed E-state index contributed by atoms with van der Waals surface area (Å²) in [6.07, 6.45) is 1.63. The number of nitrogens with one attached hydrogen (secondary N) is 2. The summed E-state index contributed by atoms with van der Waals surface area (Å²) < 4.78 is 0. The molecule has 1 heterocycles. The second-order valence-corrected chi connectivity index (χ2v) is 8.00. The van der Waals surface area contributed by atoms with Gasteiger partial charge in [-0.3, -0.25) is 9.59 Å². The van der Waals surface area contributed by atoms with Gasteiger partial charge in [-0.25, -0.2) is 0 Å². The molecule has 1 saturated heterocycles. The van der Waals surface area contributed by atoms with Crippen molar-refractivity contribution < 1.29 is 9.59 Å². The molecule has 0 aliphatic carbocycles. The van der Waals surface area contributed by atoms with Gasteiger partial charge in [-0.2, -0.15) is 0 Å². The van der Waals surface area contributed by atoms with E-state index in [1.807, 2.05) is 18.2 Å². The Morgan fingerprint density at radius 1 is 0.933 bits per heavy atom. The monoisotopic (exact) mass is 428 g/mol. The minimum Gasteiger partial charge on any atom is -0.369 e. The zero-order chi connectivity index (χ0) is 21.3. The summed E-state index contributed by atoms with van der Waals surface area (Å²) in [5, 5.41) is 5.84. The molecule has 0 radical (unpaired) electrons. The Labute approximate surface area is 183 Å². The summed E-state index contributed by atoms with van der Waals surface area (Å²) in [5.41, 5.74) is 3.26. The maximum atomic E-state index is 11.9. The van der Waals surface area contributed by atoms with Crippen molar-refractivity contribution in [2.24, 2.45) is 0 Å². The molecule has 0 spiro atoms. The summed E-state index contributed by atoms with van der Waals surface area (Å²) in [6.45, 7) is 4.98. The minimum atomic E-state index is -0.647. The van der Waals surface area contributed by atoms with Crippen LogP contribution in [0.25, 0.3) is 0 Å². The number of anilines is 1. The summed E-state index contributed by atoms with van der Waals surface area (Å²) in [4.78, 5) is 28.6. The lowest BCUT2D eigenvalue weighted by Crippen LogP contribution is -2.44. The van der Waals surface area contributed by atoms with Crippen LogP contribution in [0, 0.1) is 0 Å². The highest BCUT2D eigenvalue weighted by atomic mass is 35.5. The van der Waals surface area contributed by atoms with Crippen molar-refractivity contribution in [2.45, 2.75) is 19.4 Å². The van der Waals surface area contributed by atoms with E-state index in [1.165, 1.54) is 11.3 Å². The van der Waals surface area contributed by atoms with Crippen LogP contribution in [0.15, 0.2) is 48.5 Å². The van der Waals surface area contributed by atoms with E-state index < -0.39 is 11.8 Å². The molecular formula is C23H29ClN4O2. The van der Waals surface area contributed by atoms with E-state index >= 15 is 0 Å². The van der Waals surface area contributed by atoms with Crippen molar-refractivity contribution in [1.82, 2.24) is 15.5 Å². The maximum absolute atomic E-state index is 11.9. The Morgan fingerprint density at radius 2 is 1.60 bits per heavy atom. The van der Waals surface area contributed by atoms with Crippen LogP contribution in [-0.4, -0.2) is 56.5 Å². The number of piperazine rings is 1. The van der Waals surface area contributed by atoms with Crippen LogP contribution < -0.4 is 15.5 Å². The molecule has 2 amide bonds. The Hall–Kier alpha value is -2.57. The number of halogens is 1. The van der Waals surface area contributed by atoms with E-state index in [9.17, 15) is 9.59 Å². The molecule has 0 bridgehead atoms. The molecule has 2 aromatic carbocycles. The number of nitrogens with zero attached hydrogens (tertiary/aromatic N) is 2. The normalized spacial score (nSPS) is 14.4. The molecule has 1 aliphatic rings. The first-order chi connectivity index (χ1) is 14.5. The van der Waals surface area contributed by atoms with E-state index in [0.29, 0.717) is 11.6 Å². The molecule has 30 heavy (non-hydrogen) atoms. The van der Waals surface area contributed by atoms with E-state index in [2.05, 4.69) is 51.7 Å². The Balaban J connectivity index is 1.34. The van der Waals surface area contributed by atoms with E-state index in [-0.39, 0.29) is 6.54 Å². The summed E-state index contributed by atoms with van der Waals surface area (Å²) in [5.74, 6) is -1.26. The van der Waals surface area contributed by atoms with Gasteiger partial charge < -0.3 is 20.4 Å². The predicted octanol–water partition coefficient (Wildman–Crippen LogP) is 2.46. The van der Waals surface area contributed by atoms with Crippen LogP contribution in [0.4, 0.5) is 5.69 Å². The van der Waals surface area contributed by atoms with Gasteiger partial charge >= 0.3 is 11.8 Å². The zero-order valence-electron chi connectivity index (χ0n) is 17.4. The maximum Gasteiger partial charge on any atom is 0.309 e. The second kappa shape index (κ2) is 11.0. The number of aryl methyl sites for hydroxylation is 1. The number of carbonyl (C=O) groups excluding carboxylic acids is 2. The average Bonchev–Trinajstić information content (AvgIpc) is 2.77. The molecule has 0 saturated carbocycles. The first-order valence-electron chi connectivity index (χ1n) is 10.3. The number of carbonyl (C=O) groups is 2. The standard InChI is InChI=1S/C23H29ClN4O2/c1-27-13-15-28(16-14-27)20-10-8-18(9-11-20)5-4-12-25-22(29)23(30)26-17-19-6-2-3-7-21(19)24/h2-3,6-11H,4-5,12-17H2,1H3,(H,25,29)(H,26,30). The van der Waals surface area contributed by atoms with Crippen LogP contribution in [0.3, 0.4) is 0 Å². The quantitative estimate of drug-likeness (QED) is 0.525. The molecule has 1 fully saturated rings. The van der Waals surface area contributed by atoms with Gasteiger partial charge in [-0.05, 0) is 49.2 Å². The van der Waals surface area contributed by atoms with Crippen molar-refractivity contribution >= 4 is 29.1 Å². The van der Waals surface area contributed by atoms with Gasteiger partial charge in [-0.15, -0.1) is 0 Å². The summed E-state index contributed by atoms with van der Waals surface area (Å²) in [6, 6.07) is 15.8. The smallest absolute Gasteiger partial charge is 0.309 e. The fourth-order valence-electron chi connectivity index (χ4n) is 3.41. The van der Waals surface area contributed by atoms with Gasteiger partial charge in [-0.1, -0.05) is 41.9 Å². The molecule has 2 aromatic rings. The summed E-state index contributed by atoms with van der Waals surface area (Å²) >= 11 is 6.05. The molecule has 3 rings (SSSR count). The number of rotatable bonds is 7. The topological polar surface area (TPSA) is 64.7 Å². The van der Waals surface area contributed by atoms with Crippen molar-refractivity contribution in [3.05, 3.63) is 64.7 Å². The highest BCUT2D eigenvalue weighted by molar-refractivity contribution is 6.35. The van der Waals surface area contributed by atoms with Gasteiger partial charge in [0.25, 0.3) is 0 Å². The Morgan fingerprint density at radius 3 is 2.30 bits per heavy atom. The van der Waals surface area contributed by atoms with E-state index in [4.69, 9.17) is 11.6 Å². The molecule has 0 unspecified atom stereocenters. The van der Waals surface area contributed by atoms with E-state index in [0.717, 1.165) is 44.6 Å². The number of hydrogen-bond acceptors (Lipinski definition) is 4. The van der Waals surface area contributed by atoms with Crippen molar-refractivity contribution in [3.63, 3.8) is 0 Å². The van der Waals surface area contributed by atoms with Crippen LogP contribution in [-0.2, 0) is 22.6 Å². The lowest BCUT2D eigenvalue weighted by molar-refractivity contribution is -0.139. The summed E-state index contributed by atoms with van der Waals surface area (Å²) in [7, 11) is 2.15. The number of amides is 2. The molecule has 0 aromatic heterocycles. The molecular weight excluding hydrogens is 400 g/mol. The largest absolute Gasteiger partial charge is 0.369 e. The lowest BCUT2D eigenvalue weighted by Gasteiger charge is -2.34. The van der Waals surface area contributed by atoms with E-state index in [1.54, 1.807) is 6.07 Å². The fourth-order valence-corrected chi connectivity index (χ4v) is 3.61. The van der Waals surface area contributed by atoms with Crippen LogP contribution in [0.5, 0.6) is 0 Å². The van der Waals surface area contributed by atoms with Gasteiger partial charge in [0.15, 0.2) is 0 Å². The van der Waals surface area contributed by atoms with Gasteiger partial charge in [0.05, 0.1) is 0 Å². The van der Waals surface area contributed by atoms with Crippen LogP contribution in [0.1, 0.15) is 17.5 Å². The number of likely N-dealkylation sites (N-methyl/N-ethyl adjacent to an activating group) is 1. The van der Waals surface area contributed by atoms with Crippen molar-refractivity contribution in [1.29, 1.82) is 0 Å². The SMILES string of the molecule is CN1CCN(c2ccc(CCCNC(=O)C(=O)NCc3ccccc3Cl)cc2)CC1. The zero-order valence-corrected chi connectivity index (χ0v) is 18.1. The van der Waals surface area contributed by atoms with Crippen LogP contribution in [0.2, 0.25) is 5.02 Å². The van der Waals surface area contributed by atoms with Gasteiger partial charge in [0.2, 0.25) is 0 Å². The molecule has 160 valence electrons. The molecule has 1 aliphatic heterocycles. The molecule has 6 nitrogen and oxygen atoms in total. The van der Waals surface area contributed by atoms with Gasteiger partial charge in [0, 0.05) is 50.0 Å². The first kappa shape index (κ1) is 22.1. The number of hydrogen-bond donors (Lipinski definition) is 2. The highest BCUT2D eigenvalue weighted by Crippen LogP contribution is 2.17. The van der Waals surface area contributed by atoms with Crippen molar-refractivity contribution in [2.75, 3.05) is 44.7 Å². The first-order valence-corrected chi connectivity index (χ1v) is 10.7. The highest BCUT2D eigenvalue weighted by Gasteiger charge is 2.14. The lowest BCUT2D eigenvalue weighted by atomic mass is 10.1. The van der Waals surface area contributed by atoms with Gasteiger partial charge in [0.1, 0.15) is 0 Å². The fraction of sp³-hybridized carbons (Fsp3) is 0.391. The molecule has 2 N–H and O–H groups in total. The Kier molecular flexibility index (Phi) is 8.11. The van der Waals surface area contributed by atoms with Crippen molar-refractivity contribution in [3.8, 4) is 0 Å². The third kappa shape index (κ3) is 6.47. The predicted molar refractivity (Wildman–Crippen MR) is 121 cm³/mol. The third-order valence-corrected chi connectivity index (χ3v) is 5.70.